The number of anilines is 1. The third-order valence-corrected chi connectivity index (χ3v) is 6.80. The molecule has 2 aromatic carbocycles. The largest absolute Gasteiger partial charge is 0.486 e. The van der Waals surface area contributed by atoms with Crippen LogP contribution in [0.5, 0.6) is 11.5 Å². The summed E-state index contributed by atoms with van der Waals surface area (Å²) in [5.74, 6) is 0.825. The highest BCUT2D eigenvalue weighted by Gasteiger charge is 2.23. The number of hydrogen-bond donors (Lipinski definition) is 2. The van der Waals surface area contributed by atoms with E-state index in [0.29, 0.717) is 24.7 Å². The Labute approximate surface area is 165 Å². The number of hydrogen-bond acceptors (Lipinski definition) is 6. The Morgan fingerprint density at radius 3 is 2.14 bits per heavy atom. The van der Waals surface area contributed by atoms with Crippen molar-refractivity contribution in [3.8, 4) is 11.5 Å². The van der Waals surface area contributed by atoms with Crippen molar-refractivity contribution in [2.45, 2.75) is 36.1 Å². The molecular weight excluding hydrogens is 404 g/mol. The number of sulfonamides is 2. The summed E-state index contributed by atoms with van der Waals surface area (Å²) >= 11 is 0. The summed E-state index contributed by atoms with van der Waals surface area (Å²) in [7, 11) is -7.74. The second-order valence-electron chi connectivity index (χ2n) is 7.29. The Morgan fingerprint density at radius 1 is 0.821 bits per heavy atom. The fourth-order valence-electron chi connectivity index (χ4n) is 2.59. The van der Waals surface area contributed by atoms with Gasteiger partial charge in [-0.15, -0.1) is 0 Å². The average Bonchev–Trinajstić information content (AvgIpc) is 2.59. The minimum absolute atomic E-state index is 0.0159. The molecule has 1 aliphatic heterocycles. The quantitative estimate of drug-likeness (QED) is 0.759. The first-order valence-electron chi connectivity index (χ1n) is 8.53. The predicted octanol–water partition coefficient (Wildman–Crippen LogP) is 2.34. The van der Waals surface area contributed by atoms with Gasteiger partial charge < -0.3 is 9.47 Å². The third kappa shape index (κ3) is 4.75. The summed E-state index contributed by atoms with van der Waals surface area (Å²) in [5.41, 5.74) is -0.536. The number of rotatable bonds is 5. The normalized spacial score (nSPS) is 14.5. The van der Waals surface area contributed by atoms with Gasteiger partial charge >= 0.3 is 0 Å². The van der Waals surface area contributed by atoms with Crippen molar-refractivity contribution in [2.75, 3.05) is 17.9 Å². The SMILES string of the molecule is CC(C)(C)NS(=O)(=O)c1cccc(NS(=O)(=O)c2ccc3c(c2)OCCO3)c1. The minimum atomic E-state index is -3.94. The molecule has 2 N–H and O–H groups in total. The molecule has 10 heteroatoms. The van der Waals surface area contributed by atoms with Crippen molar-refractivity contribution < 1.29 is 26.3 Å². The first-order chi connectivity index (χ1) is 13.0. The van der Waals surface area contributed by atoms with E-state index in [1.54, 1.807) is 20.8 Å². The Hall–Kier alpha value is -2.30. The maximum atomic E-state index is 12.7. The molecule has 0 fully saturated rings. The molecule has 0 saturated heterocycles. The van der Waals surface area contributed by atoms with Gasteiger partial charge in [0.25, 0.3) is 10.0 Å². The van der Waals surface area contributed by atoms with Crippen molar-refractivity contribution in [1.29, 1.82) is 0 Å². The molecule has 0 spiro atoms. The highest BCUT2D eigenvalue weighted by atomic mass is 32.2. The minimum Gasteiger partial charge on any atom is -0.486 e. The molecule has 8 nitrogen and oxygen atoms in total. The van der Waals surface area contributed by atoms with E-state index >= 15 is 0 Å². The molecule has 0 atom stereocenters. The summed E-state index contributed by atoms with van der Waals surface area (Å²) in [6, 6.07) is 9.91. The zero-order valence-electron chi connectivity index (χ0n) is 15.7. The molecule has 0 saturated carbocycles. The van der Waals surface area contributed by atoms with Crippen molar-refractivity contribution in [1.82, 2.24) is 4.72 Å². The Bertz CT molecular complexity index is 1090. The Kier molecular flexibility index (Phi) is 5.30. The molecule has 0 aliphatic carbocycles. The lowest BCUT2D eigenvalue weighted by Gasteiger charge is -2.21. The zero-order valence-corrected chi connectivity index (χ0v) is 17.4. The van der Waals surface area contributed by atoms with E-state index in [-0.39, 0.29) is 15.5 Å². The lowest BCUT2D eigenvalue weighted by atomic mass is 10.1. The second kappa shape index (κ2) is 7.26. The van der Waals surface area contributed by atoms with Gasteiger partial charge in [0.15, 0.2) is 11.5 Å². The van der Waals surface area contributed by atoms with Crippen molar-refractivity contribution in [2.24, 2.45) is 0 Å². The van der Waals surface area contributed by atoms with Crippen LogP contribution < -0.4 is 18.9 Å². The van der Waals surface area contributed by atoms with Gasteiger partial charge in [-0.3, -0.25) is 4.72 Å². The number of benzene rings is 2. The first kappa shape index (κ1) is 20.4. The van der Waals surface area contributed by atoms with Crippen molar-refractivity contribution in [3.63, 3.8) is 0 Å². The van der Waals surface area contributed by atoms with Gasteiger partial charge in [-0.2, -0.15) is 0 Å². The Balaban J connectivity index is 1.87. The van der Waals surface area contributed by atoms with Crippen molar-refractivity contribution in [3.05, 3.63) is 42.5 Å². The second-order valence-corrected chi connectivity index (χ2v) is 10.7. The van der Waals surface area contributed by atoms with Gasteiger partial charge in [-0.25, -0.2) is 21.6 Å². The van der Waals surface area contributed by atoms with Crippen LogP contribution in [0.2, 0.25) is 0 Å². The van der Waals surface area contributed by atoms with Gasteiger partial charge in [0, 0.05) is 11.6 Å². The topological polar surface area (TPSA) is 111 Å². The van der Waals surface area contributed by atoms with Gasteiger partial charge in [-0.05, 0) is 51.1 Å². The third-order valence-electron chi connectivity index (χ3n) is 3.66. The molecule has 2 aromatic rings. The monoisotopic (exact) mass is 426 g/mol. The van der Waals surface area contributed by atoms with E-state index in [2.05, 4.69) is 9.44 Å². The summed E-state index contributed by atoms with van der Waals surface area (Å²) in [4.78, 5) is -0.0531. The maximum absolute atomic E-state index is 12.7. The van der Waals surface area contributed by atoms with E-state index in [1.165, 1.54) is 42.5 Å². The van der Waals surface area contributed by atoms with Crippen LogP contribution in [0, 0.1) is 0 Å². The van der Waals surface area contributed by atoms with Crippen LogP contribution >= 0.6 is 0 Å². The van der Waals surface area contributed by atoms with Gasteiger partial charge in [0.1, 0.15) is 13.2 Å². The van der Waals surface area contributed by atoms with Crippen LogP contribution in [-0.2, 0) is 20.0 Å². The highest BCUT2D eigenvalue weighted by Crippen LogP contribution is 2.32. The molecule has 0 amide bonds. The van der Waals surface area contributed by atoms with Gasteiger partial charge in [-0.1, -0.05) is 6.07 Å². The summed E-state index contributed by atoms with van der Waals surface area (Å²) in [5, 5.41) is 0. The molecule has 0 bridgehead atoms. The van der Waals surface area contributed by atoms with Crippen LogP contribution in [-0.4, -0.2) is 35.6 Å². The van der Waals surface area contributed by atoms with E-state index < -0.39 is 25.6 Å². The molecule has 152 valence electrons. The smallest absolute Gasteiger partial charge is 0.262 e. The molecule has 1 heterocycles. The van der Waals surface area contributed by atoms with Crippen LogP contribution in [0.15, 0.2) is 52.3 Å². The summed E-state index contributed by atoms with van der Waals surface area (Å²) < 4.78 is 66.1. The van der Waals surface area contributed by atoms with E-state index in [4.69, 9.17) is 9.47 Å². The lowest BCUT2D eigenvalue weighted by Crippen LogP contribution is -2.40. The number of fused-ring (bicyclic) bond motifs is 1. The molecule has 0 unspecified atom stereocenters. The fraction of sp³-hybridized carbons (Fsp3) is 0.333. The summed E-state index contributed by atoms with van der Waals surface area (Å²) in [6.45, 7) is 5.91. The number of nitrogens with one attached hydrogen (secondary N) is 2. The van der Waals surface area contributed by atoms with E-state index in [0.717, 1.165) is 0 Å². The predicted molar refractivity (Wildman–Crippen MR) is 105 cm³/mol. The lowest BCUT2D eigenvalue weighted by molar-refractivity contribution is 0.171. The molecule has 1 aliphatic rings. The van der Waals surface area contributed by atoms with Gasteiger partial charge in [0.2, 0.25) is 10.0 Å². The molecule has 3 rings (SSSR count). The van der Waals surface area contributed by atoms with Crippen molar-refractivity contribution >= 4 is 25.7 Å². The maximum Gasteiger partial charge on any atom is 0.262 e. The highest BCUT2D eigenvalue weighted by molar-refractivity contribution is 7.92. The molecule has 0 radical (unpaired) electrons. The number of ether oxygens (including phenoxy) is 2. The van der Waals surface area contributed by atoms with Crippen LogP contribution in [0.1, 0.15) is 20.8 Å². The van der Waals surface area contributed by atoms with E-state index in [9.17, 15) is 16.8 Å². The molecular formula is C18H22N2O6S2. The van der Waals surface area contributed by atoms with Crippen LogP contribution in [0.4, 0.5) is 5.69 Å². The molecule has 0 aromatic heterocycles. The van der Waals surface area contributed by atoms with E-state index in [1.807, 2.05) is 0 Å². The van der Waals surface area contributed by atoms with Gasteiger partial charge in [0.05, 0.1) is 15.5 Å². The zero-order chi connectivity index (χ0) is 20.6. The van der Waals surface area contributed by atoms with Crippen LogP contribution in [0.3, 0.4) is 0 Å². The standard InChI is InChI=1S/C18H22N2O6S2/c1-18(2,3)20-28(23,24)14-6-4-5-13(11-14)19-27(21,22)15-7-8-16-17(12-15)26-10-9-25-16/h4-8,11-12,19-20H,9-10H2,1-3H3. The van der Waals surface area contributed by atoms with Crippen LogP contribution in [0.25, 0.3) is 0 Å². The molecule has 28 heavy (non-hydrogen) atoms. The fourth-order valence-corrected chi connectivity index (χ4v) is 5.12. The summed E-state index contributed by atoms with van der Waals surface area (Å²) in [6.07, 6.45) is 0. The first-order valence-corrected chi connectivity index (χ1v) is 11.5. The Morgan fingerprint density at radius 2 is 1.46 bits per heavy atom. The average molecular weight is 427 g/mol.